The predicted octanol–water partition coefficient (Wildman–Crippen LogP) is 0.614. The van der Waals surface area contributed by atoms with Gasteiger partial charge in [-0.25, -0.2) is 0 Å². The fourth-order valence-electron chi connectivity index (χ4n) is 1.63. The minimum atomic E-state index is -0.0416. The van der Waals surface area contributed by atoms with E-state index in [-0.39, 0.29) is 12.5 Å². The van der Waals surface area contributed by atoms with Crippen molar-refractivity contribution >= 4 is 5.91 Å². The average Bonchev–Trinajstić information content (AvgIpc) is 3.02. The summed E-state index contributed by atoms with van der Waals surface area (Å²) >= 11 is 0. The summed E-state index contributed by atoms with van der Waals surface area (Å²) in [5.41, 5.74) is 1.05. The van der Waals surface area contributed by atoms with Gasteiger partial charge in [0, 0.05) is 26.1 Å². The van der Waals surface area contributed by atoms with Crippen molar-refractivity contribution in [1.82, 2.24) is 25.2 Å². The Morgan fingerprint density at radius 2 is 2.37 bits per heavy atom. The number of aromatic nitrogens is 4. The van der Waals surface area contributed by atoms with Gasteiger partial charge in [0.05, 0.1) is 12.7 Å². The van der Waals surface area contributed by atoms with Crippen molar-refractivity contribution in [2.45, 2.75) is 32.7 Å². The van der Waals surface area contributed by atoms with E-state index < -0.39 is 0 Å². The summed E-state index contributed by atoms with van der Waals surface area (Å²) in [6.45, 7) is 2.22. The number of nitrogens with one attached hydrogen (secondary N) is 1. The van der Waals surface area contributed by atoms with Gasteiger partial charge >= 0.3 is 0 Å². The number of hydrogen-bond donors (Lipinski definition) is 1. The molecule has 1 amide bonds. The fourth-order valence-corrected chi connectivity index (χ4v) is 1.63. The molecule has 102 valence electrons. The van der Waals surface area contributed by atoms with Crippen LogP contribution in [-0.4, -0.2) is 25.8 Å². The van der Waals surface area contributed by atoms with Crippen LogP contribution in [0.3, 0.4) is 0 Å². The summed E-state index contributed by atoms with van der Waals surface area (Å²) in [6.07, 6.45) is 5.47. The zero-order chi connectivity index (χ0) is 13.7. The molecule has 0 bridgehead atoms. The van der Waals surface area contributed by atoms with E-state index in [9.17, 15) is 4.79 Å². The molecule has 2 heterocycles. The van der Waals surface area contributed by atoms with Crippen LogP contribution < -0.4 is 5.32 Å². The molecule has 2 aromatic rings. The Morgan fingerprint density at radius 3 is 3.00 bits per heavy atom. The third-order valence-corrected chi connectivity index (χ3v) is 2.66. The monoisotopic (exact) mass is 263 g/mol. The Hall–Kier alpha value is -2.18. The molecule has 0 unspecified atom stereocenters. The molecule has 0 aromatic carbocycles. The first kappa shape index (κ1) is 13.3. The Labute approximate surface area is 111 Å². The van der Waals surface area contributed by atoms with Gasteiger partial charge in [-0.15, -0.1) is 0 Å². The van der Waals surface area contributed by atoms with E-state index in [1.54, 1.807) is 10.9 Å². The van der Waals surface area contributed by atoms with Crippen LogP contribution in [0.2, 0.25) is 0 Å². The van der Waals surface area contributed by atoms with Gasteiger partial charge in [0.2, 0.25) is 11.8 Å². The normalized spacial score (nSPS) is 10.6. The molecule has 2 aromatic heterocycles. The summed E-state index contributed by atoms with van der Waals surface area (Å²) < 4.78 is 6.70. The smallest absolute Gasteiger partial charge is 0.246 e. The lowest BCUT2D eigenvalue weighted by molar-refractivity contribution is -0.121. The molecule has 0 radical (unpaired) electrons. The SMILES string of the molecule is CCc1noc(CNC(=O)CCc2cnn(C)c2)n1. The first-order valence-electron chi connectivity index (χ1n) is 6.23. The number of amides is 1. The van der Waals surface area contributed by atoms with Crippen LogP contribution in [0.15, 0.2) is 16.9 Å². The van der Waals surface area contributed by atoms with Gasteiger partial charge in [0.25, 0.3) is 0 Å². The molecule has 0 atom stereocenters. The number of carbonyl (C=O) groups excluding carboxylic acids is 1. The third kappa shape index (κ3) is 3.90. The molecule has 0 aliphatic heterocycles. The maximum absolute atomic E-state index is 11.6. The van der Waals surface area contributed by atoms with E-state index in [2.05, 4.69) is 20.6 Å². The van der Waals surface area contributed by atoms with Gasteiger partial charge in [-0.1, -0.05) is 12.1 Å². The maximum Gasteiger partial charge on any atom is 0.246 e. The van der Waals surface area contributed by atoms with Crippen LogP contribution >= 0.6 is 0 Å². The highest BCUT2D eigenvalue weighted by Gasteiger charge is 2.07. The second-order valence-electron chi connectivity index (χ2n) is 4.26. The van der Waals surface area contributed by atoms with Crippen LogP contribution in [0.5, 0.6) is 0 Å². The van der Waals surface area contributed by atoms with Gasteiger partial charge in [0.1, 0.15) is 0 Å². The van der Waals surface area contributed by atoms with Crippen molar-refractivity contribution < 1.29 is 9.32 Å². The predicted molar refractivity (Wildman–Crippen MR) is 67.1 cm³/mol. The number of hydrogen-bond acceptors (Lipinski definition) is 5. The van der Waals surface area contributed by atoms with E-state index in [0.717, 1.165) is 12.0 Å². The molecular formula is C12H17N5O2. The minimum absolute atomic E-state index is 0.0416. The largest absolute Gasteiger partial charge is 0.347 e. The summed E-state index contributed by atoms with van der Waals surface area (Å²) in [6, 6.07) is 0. The Bertz CT molecular complexity index is 546. The van der Waals surface area contributed by atoms with Gasteiger partial charge in [-0.05, 0) is 12.0 Å². The van der Waals surface area contributed by atoms with E-state index >= 15 is 0 Å². The number of aryl methyl sites for hydroxylation is 3. The summed E-state index contributed by atoms with van der Waals surface area (Å²) in [4.78, 5) is 15.8. The highest BCUT2D eigenvalue weighted by molar-refractivity contribution is 5.75. The Balaban J connectivity index is 1.72. The Kier molecular flexibility index (Phi) is 4.27. The summed E-state index contributed by atoms with van der Waals surface area (Å²) in [5.74, 6) is 1.05. The molecule has 0 aliphatic carbocycles. The lowest BCUT2D eigenvalue weighted by atomic mass is 10.2. The van der Waals surface area contributed by atoms with Crippen LogP contribution in [0.4, 0.5) is 0 Å². The van der Waals surface area contributed by atoms with Crippen LogP contribution in [-0.2, 0) is 31.2 Å². The van der Waals surface area contributed by atoms with Gasteiger partial charge in [-0.2, -0.15) is 10.1 Å². The van der Waals surface area contributed by atoms with Crippen LogP contribution in [0.1, 0.15) is 30.6 Å². The zero-order valence-electron chi connectivity index (χ0n) is 11.1. The van der Waals surface area contributed by atoms with Crippen LogP contribution in [0.25, 0.3) is 0 Å². The Morgan fingerprint density at radius 1 is 1.53 bits per heavy atom. The first-order valence-corrected chi connectivity index (χ1v) is 6.23. The van der Waals surface area contributed by atoms with Crippen molar-refractivity contribution in [3.63, 3.8) is 0 Å². The third-order valence-electron chi connectivity index (χ3n) is 2.66. The highest BCUT2D eigenvalue weighted by Crippen LogP contribution is 2.01. The van der Waals surface area contributed by atoms with Crippen molar-refractivity contribution in [3.8, 4) is 0 Å². The molecule has 0 aliphatic rings. The standard InChI is InChI=1S/C12H17N5O2/c1-3-10-15-12(19-16-10)7-13-11(18)5-4-9-6-14-17(2)8-9/h6,8H,3-5,7H2,1-2H3,(H,13,18). The number of nitrogens with zero attached hydrogens (tertiary/aromatic N) is 4. The van der Waals surface area contributed by atoms with Crippen molar-refractivity contribution in [2.75, 3.05) is 0 Å². The topological polar surface area (TPSA) is 85.8 Å². The molecule has 0 fully saturated rings. The molecule has 7 nitrogen and oxygen atoms in total. The van der Waals surface area contributed by atoms with Gasteiger partial charge in [0.15, 0.2) is 5.82 Å². The zero-order valence-corrected chi connectivity index (χ0v) is 11.1. The van der Waals surface area contributed by atoms with Crippen molar-refractivity contribution in [1.29, 1.82) is 0 Å². The first-order chi connectivity index (χ1) is 9.17. The van der Waals surface area contributed by atoms with Gasteiger partial charge < -0.3 is 9.84 Å². The van der Waals surface area contributed by atoms with Crippen LogP contribution in [0, 0.1) is 0 Å². The van der Waals surface area contributed by atoms with E-state index in [1.165, 1.54) is 0 Å². The molecular weight excluding hydrogens is 246 g/mol. The second-order valence-corrected chi connectivity index (χ2v) is 4.26. The average molecular weight is 263 g/mol. The number of carbonyl (C=O) groups is 1. The molecule has 7 heteroatoms. The fraction of sp³-hybridized carbons (Fsp3) is 0.500. The quantitative estimate of drug-likeness (QED) is 0.825. The molecule has 0 spiro atoms. The second kappa shape index (κ2) is 6.12. The maximum atomic E-state index is 11.6. The van der Waals surface area contributed by atoms with E-state index in [0.29, 0.717) is 24.6 Å². The number of rotatable bonds is 6. The lowest BCUT2D eigenvalue weighted by Gasteiger charge is -2.00. The lowest BCUT2D eigenvalue weighted by Crippen LogP contribution is -2.23. The highest BCUT2D eigenvalue weighted by atomic mass is 16.5. The summed E-state index contributed by atoms with van der Waals surface area (Å²) in [5, 5.41) is 10.6. The molecule has 0 saturated carbocycles. The van der Waals surface area contributed by atoms with E-state index in [4.69, 9.17) is 4.52 Å². The minimum Gasteiger partial charge on any atom is -0.347 e. The molecule has 2 rings (SSSR count). The van der Waals surface area contributed by atoms with E-state index in [1.807, 2.05) is 20.2 Å². The van der Waals surface area contributed by atoms with Gasteiger partial charge in [-0.3, -0.25) is 9.48 Å². The van der Waals surface area contributed by atoms with Crippen molar-refractivity contribution in [3.05, 3.63) is 29.7 Å². The molecule has 1 N–H and O–H groups in total. The summed E-state index contributed by atoms with van der Waals surface area (Å²) in [7, 11) is 1.85. The van der Waals surface area contributed by atoms with Crippen molar-refractivity contribution in [2.24, 2.45) is 7.05 Å². The molecule has 19 heavy (non-hydrogen) atoms. The molecule has 0 saturated heterocycles.